The van der Waals surface area contributed by atoms with Crippen molar-refractivity contribution in [2.45, 2.75) is 32.0 Å². The predicted molar refractivity (Wildman–Crippen MR) is 71.8 cm³/mol. The first-order valence-electron chi connectivity index (χ1n) is 6.30. The summed E-state index contributed by atoms with van der Waals surface area (Å²) in [4.78, 5) is 4.37. The van der Waals surface area contributed by atoms with Crippen molar-refractivity contribution in [3.63, 3.8) is 0 Å². The molecule has 2 rings (SSSR count). The van der Waals surface area contributed by atoms with E-state index in [2.05, 4.69) is 10.4 Å². The van der Waals surface area contributed by atoms with Gasteiger partial charge in [0.15, 0.2) is 0 Å². The molecule has 0 fully saturated rings. The normalized spacial score (nSPS) is 13.7. The van der Waals surface area contributed by atoms with Gasteiger partial charge in [0.1, 0.15) is 0 Å². The number of benzene rings is 1. The van der Waals surface area contributed by atoms with Gasteiger partial charge in [-0.15, -0.1) is 0 Å². The minimum absolute atomic E-state index is 0.104. The Kier molecular flexibility index (Phi) is 4.25. The van der Waals surface area contributed by atoms with Gasteiger partial charge >= 0.3 is 6.18 Å². The van der Waals surface area contributed by atoms with E-state index < -0.39 is 18.6 Å². The second-order valence-corrected chi connectivity index (χ2v) is 4.74. The minimum atomic E-state index is -4.19. The number of nitrogens with zero attached hydrogens (tertiary/aromatic N) is 1. The molecule has 1 heterocycles. The van der Waals surface area contributed by atoms with Crippen molar-refractivity contribution in [2.24, 2.45) is 5.84 Å². The number of nitrogens with two attached hydrogens (primary N) is 1. The molecule has 0 radical (unpaired) electrons. The molecule has 0 spiro atoms. The summed E-state index contributed by atoms with van der Waals surface area (Å²) in [6.07, 6.45) is -5.17. The van der Waals surface area contributed by atoms with Gasteiger partial charge in [0.2, 0.25) is 0 Å². The van der Waals surface area contributed by atoms with Crippen molar-refractivity contribution in [3.8, 4) is 0 Å². The van der Waals surface area contributed by atoms with Gasteiger partial charge in [-0.1, -0.05) is 18.2 Å². The third-order valence-corrected chi connectivity index (χ3v) is 3.17. The quantitative estimate of drug-likeness (QED) is 0.668. The van der Waals surface area contributed by atoms with Gasteiger partial charge in [-0.2, -0.15) is 13.2 Å². The van der Waals surface area contributed by atoms with E-state index in [9.17, 15) is 13.2 Å². The van der Waals surface area contributed by atoms with Gasteiger partial charge < -0.3 is 0 Å². The highest BCUT2D eigenvalue weighted by Crippen LogP contribution is 2.30. The van der Waals surface area contributed by atoms with Crippen molar-refractivity contribution in [1.29, 1.82) is 0 Å². The zero-order valence-electron chi connectivity index (χ0n) is 11.0. The Hall–Kier alpha value is -1.66. The molecule has 6 heteroatoms. The largest absolute Gasteiger partial charge is 0.389 e. The van der Waals surface area contributed by atoms with E-state index in [1.165, 1.54) is 0 Å². The fourth-order valence-electron chi connectivity index (χ4n) is 2.27. The molecule has 0 saturated heterocycles. The lowest BCUT2D eigenvalue weighted by molar-refractivity contribution is -0.136. The summed E-state index contributed by atoms with van der Waals surface area (Å²) in [5.41, 5.74) is 4.75. The van der Waals surface area contributed by atoms with E-state index in [4.69, 9.17) is 5.84 Å². The smallest absolute Gasteiger partial charge is 0.271 e. The average molecular weight is 283 g/mol. The molecule has 0 aliphatic heterocycles. The maximum atomic E-state index is 12.4. The first-order valence-corrected chi connectivity index (χ1v) is 6.30. The SMILES string of the molecule is Cc1cc(C(CCC(F)(F)F)NN)c2ccccc2n1. The zero-order valence-corrected chi connectivity index (χ0v) is 11.0. The summed E-state index contributed by atoms with van der Waals surface area (Å²) < 4.78 is 37.1. The fourth-order valence-corrected chi connectivity index (χ4v) is 2.27. The molecule has 0 aliphatic carbocycles. The highest BCUT2D eigenvalue weighted by atomic mass is 19.4. The number of fused-ring (bicyclic) bond motifs is 1. The number of rotatable bonds is 4. The molecule has 108 valence electrons. The molecule has 1 aromatic carbocycles. The predicted octanol–water partition coefficient (Wildman–Crippen LogP) is 3.39. The molecule has 0 bridgehead atoms. The van der Waals surface area contributed by atoms with Crippen LogP contribution >= 0.6 is 0 Å². The van der Waals surface area contributed by atoms with Crippen molar-refractivity contribution < 1.29 is 13.2 Å². The second kappa shape index (κ2) is 5.76. The van der Waals surface area contributed by atoms with Crippen LogP contribution in [0, 0.1) is 6.92 Å². The van der Waals surface area contributed by atoms with Crippen LogP contribution in [0.15, 0.2) is 30.3 Å². The molecule has 3 nitrogen and oxygen atoms in total. The number of pyridine rings is 1. The minimum Gasteiger partial charge on any atom is -0.271 e. The highest BCUT2D eigenvalue weighted by molar-refractivity contribution is 5.82. The van der Waals surface area contributed by atoms with Crippen LogP contribution in [0.5, 0.6) is 0 Å². The van der Waals surface area contributed by atoms with Crippen LogP contribution in [0.4, 0.5) is 13.2 Å². The maximum absolute atomic E-state index is 12.4. The number of hydrazine groups is 1. The van der Waals surface area contributed by atoms with Gasteiger partial charge in [-0.3, -0.25) is 16.3 Å². The number of hydrogen-bond donors (Lipinski definition) is 2. The van der Waals surface area contributed by atoms with Crippen LogP contribution < -0.4 is 11.3 Å². The number of hydrogen-bond acceptors (Lipinski definition) is 3. The van der Waals surface area contributed by atoms with Crippen molar-refractivity contribution >= 4 is 10.9 Å². The molecule has 0 aliphatic rings. The van der Waals surface area contributed by atoms with E-state index in [1.54, 1.807) is 6.07 Å². The summed E-state index contributed by atoms with van der Waals surface area (Å²) >= 11 is 0. The molecule has 3 N–H and O–H groups in total. The molecular weight excluding hydrogens is 267 g/mol. The van der Waals surface area contributed by atoms with Gasteiger partial charge in [0.25, 0.3) is 0 Å². The molecule has 2 aromatic rings. The first kappa shape index (κ1) is 14.7. The average Bonchev–Trinajstić information content (AvgIpc) is 2.37. The molecular formula is C14H16F3N3. The van der Waals surface area contributed by atoms with Crippen molar-refractivity contribution in [2.75, 3.05) is 0 Å². The zero-order chi connectivity index (χ0) is 14.8. The first-order chi connectivity index (χ1) is 9.40. The Bertz CT molecular complexity index is 596. The number of halogens is 3. The Morgan fingerprint density at radius 2 is 2.00 bits per heavy atom. The second-order valence-electron chi connectivity index (χ2n) is 4.74. The van der Waals surface area contributed by atoms with E-state index in [0.717, 1.165) is 22.2 Å². The van der Waals surface area contributed by atoms with E-state index in [-0.39, 0.29) is 6.42 Å². The van der Waals surface area contributed by atoms with Crippen LogP contribution in [0.1, 0.15) is 30.1 Å². The highest BCUT2D eigenvalue weighted by Gasteiger charge is 2.29. The lowest BCUT2D eigenvalue weighted by Crippen LogP contribution is -2.29. The molecule has 1 unspecified atom stereocenters. The summed E-state index contributed by atoms with van der Waals surface area (Å²) in [7, 11) is 0. The van der Waals surface area contributed by atoms with E-state index in [1.807, 2.05) is 31.2 Å². The lowest BCUT2D eigenvalue weighted by Gasteiger charge is -2.19. The summed E-state index contributed by atoms with van der Waals surface area (Å²) in [6.45, 7) is 1.81. The molecule has 20 heavy (non-hydrogen) atoms. The van der Waals surface area contributed by atoms with Crippen molar-refractivity contribution in [3.05, 3.63) is 41.6 Å². The number of aryl methyl sites for hydroxylation is 1. The summed E-state index contributed by atoms with van der Waals surface area (Å²) in [5, 5.41) is 0.822. The van der Waals surface area contributed by atoms with Gasteiger partial charge in [-0.05, 0) is 31.0 Å². The monoisotopic (exact) mass is 283 g/mol. The Morgan fingerprint density at radius 3 is 2.65 bits per heavy atom. The lowest BCUT2D eigenvalue weighted by atomic mass is 9.97. The number of para-hydroxylation sites is 1. The molecule has 0 saturated carbocycles. The summed E-state index contributed by atoms with van der Waals surface area (Å²) in [6, 6.07) is 8.59. The molecule has 1 aromatic heterocycles. The molecule has 1 atom stereocenters. The standard InChI is InChI=1S/C14H16F3N3/c1-9-8-11(10-4-2-3-5-12(10)19-9)13(20-18)6-7-14(15,16)17/h2-5,8,13,20H,6-7,18H2,1H3. The third-order valence-electron chi connectivity index (χ3n) is 3.17. The van der Waals surface area contributed by atoms with Crippen LogP contribution in [0.25, 0.3) is 10.9 Å². The van der Waals surface area contributed by atoms with Gasteiger partial charge in [-0.25, -0.2) is 0 Å². The maximum Gasteiger partial charge on any atom is 0.389 e. The van der Waals surface area contributed by atoms with Crippen LogP contribution in [0.2, 0.25) is 0 Å². The Morgan fingerprint density at radius 1 is 1.30 bits per heavy atom. The van der Waals surface area contributed by atoms with Gasteiger partial charge in [0, 0.05) is 23.5 Å². The Labute approximate surface area is 115 Å². The fraction of sp³-hybridized carbons (Fsp3) is 0.357. The third kappa shape index (κ3) is 3.46. The van der Waals surface area contributed by atoms with Crippen LogP contribution in [-0.4, -0.2) is 11.2 Å². The topological polar surface area (TPSA) is 50.9 Å². The van der Waals surface area contributed by atoms with Crippen molar-refractivity contribution in [1.82, 2.24) is 10.4 Å². The van der Waals surface area contributed by atoms with E-state index in [0.29, 0.717) is 0 Å². The molecule has 0 amide bonds. The number of nitrogens with one attached hydrogen (secondary N) is 1. The van der Waals surface area contributed by atoms with E-state index >= 15 is 0 Å². The van der Waals surface area contributed by atoms with Crippen LogP contribution in [0.3, 0.4) is 0 Å². The Balaban J connectivity index is 2.38. The number of aromatic nitrogens is 1. The number of alkyl halides is 3. The van der Waals surface area contributed by atoms with Gasteiger partial charge in [0.05, 0.1) is 5.52 Å². The summed E-state index contributed by atoms with van der Waals surface area (Å²) in [5.74, 6) is 5.44. The van der Waals surface area contributed by atoms with Crippen LogP contribution in [-0.2, 0) is 0 Å².